The first-order valence-corrected chi connectivity index (χ1v) is 15.0. The van der Waals surface area contributed by atoms with E-state index in [2.05, 4.69) is 15.6 Å². The summed E-state index contributed by atoms with van der Waals surface area (Å²) in [6, 6.07) is 2.14. The lowest BCUT2D eigenvalue weighted by molar-refractivity contribution is -0.122. The van der Waals surface area contributed by atoms with Gasteiger partial charge in [-0.05, 0) is 43.4 Å². The van der Waals surface area contributed by atoms with E-state index in [0.29, 0.717) is 32.5 Å². The van der Waals surface area contributed by atoms with Crippen LogP contribution in [0.2, 0.25) is 0 Å². The molecule has 8 nitrogen and oxygen atoms in total. The van der Waals surface area contributed by atoms with Crippen molar-refractivity contribution in [3.05, 3.63) is 51.5 Å². The number of amides is 1. The number of aryl methyl sites for hydroxylation is 1. The van der Waals surface area contributed by atoms with Crippen LogP contribution in [0, 0.1) is 11.6 Å². The summed E-state index contributed by atoms with van der Waals surface area (Å²) in [5.41, 5.74) is 0.265. The Morgan fingerprint density at radius 1 is 1.14 bits per heavy atom. The highest BCUT2D eigenvalue weighted by Crippen LogP contribution is 2.15. The normalized spacial score (nSPS) is 13.6. The van der Waals surface area contributed by atoms with E-state index in [1.54, 1.807) is 17.5 Å². The third-order valence-corrected chi connectivity index (χ3v) is 8.69. The molecule has 0 saturated carbocycles. The summed E-state index contributed by atoms with van der Waals surface area (Å²) >= 11 is 1.56. The van der Waals surface area contributed by atoms with Crippen LogP contribution in [0.4, 0.5) is 8.78 Å². The molecule has 208 valence electrons. The molecule has 1 amide bonds. The Balaban J connectivity index is 2.05. The van der Waals surface area contributed by atoms with Crippen LogP contribution in [-0.4, -0.2) is 66.3 Å². The van der Waals surface area contributed by atoms with Crippen molar-refractivity contribution in [3.8, 4) is 0 Å². The van der Waals surface area contributed by atoms with E-state index in [0.717, 1.165) is 34.5 Å². The summed E-state index contributed by atoms with van der Waals surface area (Å²) in [7, 11) is -3.62. The Morgan fingerprint density at radius 3 is 2.35 bits per heavy atom. The number of nitrogens with zero attached hydrogens (tertiary/aromatic N) is 2. The predicted molar refractivity (Wildman–Crippen MR) is 142 cm³/mol. The van der Waals surface area contributed by atoms with Crippen LogP contribution >= 0.6 is 11.3 Å². The van der Waals surface area contributed by atoms with Crippen LogP contribution < -0.4 is 10.6 Å². The quantitative estimate of drug-likeness (QED) is 0.274. The van der Waals surface area contributed by atoms with Gasteiger partial charge in [-0.2, -0.15) is 0 Å². The smallest absolute Gasteiger partial charge is 0.221 e. The second-order valence-electron chi connectivity index (χ2n) is 8.89. The first-order chi connectivity index (χ1) is 17.6. The molecule has 0 radical (unpaired) electrons. The number of sulfonamides is 1. The Kier molecular flexibility index (Phi) is 13.0. The van der Waals surface area contributed by atoms with Gasteiger partial charge in [-0.25, -0.2) is 26.5 Å². The van der Waals surface area contributed by atoms with Gasteiger partial charge in [0.25, 0.3) is 0 Å². The summed E-state index contributed by atoms with van der Waals surface area (Å²) in [6.07, 6.45) is 2.50. The van der Waals surface area contributed by atoms with Crippen LogP contribution in [-0.2, 0) is 34.2 Å². The van der Waals surface area contributed by atoms with Gasteiger partial charge < -0.3 is 15.7 Å². The van der Waals surface area contributed by atoms with Gasteiger partial charge in [0.05, 0.1) is 22.9 Å². The van der Waals surface area contributed by atoms with Gasteiger partial charge in [0.2, 0.25) is 15.9 Å². The molecule has 0 aliphatic heterocycles. The second kappa shape index (κ2) is 15.4. The van der Waals surface area contributed by atoms with Crippen molar-refractivity contribution in [2.24, 2.45) is 0 Å². The number of carbonyl (C=O) groups is 1. The third-order valence-electron chi connectivity index (χ3n) is 5.67. The Bertz CT molecular complexity index is 1070. The molecule has 0 unspecified atom stereocenters. The Morgan fingerprint density at radius 2 is 1.78 bits per heavy atom. The third kappa shape index (κ3) is 10.7. The maximum absolute atomic E-state index is 13.7. The lowest BCUT2D eigenvalue weighted by Gasteiger charge is -2.25. The zero-order valence-electron chi connectivity index (χ0n) is 21.7. The van der Waals surface area contributed by atoms with Crippen molar-refractivity contribution in [3.63, 3.8) is 0 Å². The van der Waals surface area contributed by atoms with Crippen LogP contribution in [0.25, 0.3) is 0 Å². The van der Waals surface area contributed by atoms with Crippen LogP contribution in [0.1, 0.15) is 55.5 Å². The average molecular weight is 561 g/mol. The average Bonchev–Trinajstić information content (AvgIpc) is 3.29. The number of thiazole rings is 1. The van der Waals surface area contributed by atoms with Gasteiger partial charge in [-0.3, -0.25) is 4.79 Å². The van der Waals surface area contributed by atoms with E-state index in [4.69, 9.17) is 0 Å². The number of benzene rings is 1. The highest BCUT2D eigenvalue weighted by atomic mass is 32.2. The van der Waals surface area contributed by atoms with Gasteiger partial charge in [0.15, 0.2) is 0 Å². The fourth-order valence-electron chi connectivity index (χ4n) is 3.86. The van der Waals surface area contributed by atoms with Gasteiger partial charge in [0, 0.05) is 49.7 Å². The van der Waals surface area contributed by atoms with Gasteiger partial charge in [-0.1, -0.05) is 20.8 Å². The van der Waals surface area contributed by atoms with Crippen molar-refractivity contribution in [2.45, 2.75) is 71.6 Å². The van der Waals surface area contributed by atoms with Gasteiger partial charge in [-0.15, -0.1) is 11.3 Å². The number of aliphatic hydroxyl groups excluding tert-OH is 1. The predicted octanol–water partition coefficient (Wildman–Crippen LogP) is 3.00. The molecule has 0 aliphatic carbocycles. The van der Waals surface area contributed by atoms with Crippen LogP contribution in [0.5, 0.6) is 0 Å². The summed E-state index contributed by atoms with van der Waals surface area (Å²) in [5.74, 6) is -2.45. The second-order valence-corrected chi connectivity index (χ2v) is 12.2. The first kappa shape index (κ1) is 31.2. The number of aromatic nitrogens is 1. The van der Waals surface area contributed by atoms with Crippen molar-refractivity contribution >= 4 is 27.3 Å². The maximum Gasteiger partial charge on any atom is 0.221 e. The number of hydrogen-bond donors (Lipinski definition) is 3. The molecule has 12 heteroatoms. The molecule has 2 atom stereocenters. The highest BCUT2D eigenvalue weighted by molar-refractivity contribution is 7.89. The molecule has 2 rings (SSSR count). The molecule has 1 heterocycles. The molecular formula is C25H38F2N4O4S2. The largest absolute Gasteiger partial charge is 0.390 e. The molecule has 0 spiro atoms. The number of hydrogen-bond acceptors (Lipinski definition) is 7. The van der Waals surface area contributed by atoms with Crippen LogP contribution in [0.15, 0.2) is 24.4 Å². The lowest BCUT2D eigenvalue weighted by Crippen LogP contribution is -2.49. The number of nitrogens with one attached hydrogen (secondary N) is 2. The van der Waals surface area contributed by atoms with E-state index >= 15 is 0 Å². The SMILES string of the molecule is CCCN(CCC)S(=O)(=O)CCC(=O)N[C@@H](Cc1cc(F)cc(F)c1)[C@H](O)CNCc1cnc(CC)s1. The summed E-state index contributed by atoms with van der Waals surface area (Å²) < 4.78 is 54.3. The minimum atomic E-state index is -3.62. The zero-order chi connectivity index (χ0) is 27.4. The fourth-order valence-corrected chi connectivity index (χ4v) is 6.32. The number of halogens is 2. The molecule has 0 aliphatic rings. The van der Waals surface area contributed by atoms with Crippen LogP contribution in [0.3, 0.4) is 0 Å². The van der Waals surface area contributed by atoms with Gasteiger partial charge in [0.1, 0.15) is 11.6 Å². The number of carbonyl (C=O) groups excluding carboxylic acids is 1. The molecule has 1 aromatic carbocycles. The maximum atomic E-state index is 13.7. The monoisotopic (exact) mass is 560 g/mol. The van der Waals surface area contributed by atoms with Crippen molar-refractivity contribution in [1.29, 1.82) is 0 Å². The molecule has 2 aromatic rings. The van der Waals surface area contributed by atoms with E-state index < -0.39 is 39.7 Å². The van der Waals surface area contributed by atoms with Crippen molar-refractivity contribution in [1.82, 2.24) is 19.9 Å². The van der Waals surface area contributed by atoms with Crippen molar-refractivity contribution < 1.29 is 27.1 Å². The number of rotatable bonds is 17. The minimum absolute atomic E-state index is 0.0334. The summed E-state index contributed by atoms with van der Waals surface area (Å²) in [5, 5.41) is 17.6. The number of aliphatic hydroxyl groups is 1. The highest BCUT2D eigenvalue weighted by Gasteiger charge is 2.25. The zero-order valence-corrected chi connectivity index (χ0v) is 23.3. The molecule has 37 heavy (non-hydrogen) atoms. The molecular weight excluding hydrogens is 522 g/mol. The Hall–Kier alpha value is -1.99. The topological polar surface area (TPSA) is 112 Å². The summed E-state index contributed by atoms with van der Waals surface area (Å²) in [6.45, 7) is 7.12. The summed E-state index contributed by atoms with van der Waals surface area (Å²) in [4.78, 5) is 18.0. The van der Waals surface area contributed by atoms with E-state index in [-0.39, 0.29) is 30.7 Å². The van der Waals surface area contributed by atoms with E-state index in [9.17, 15) is 27.1 Å². The van der Waals surface area contributed by atoms with Crippen molar-refractivity contribution in [2.75, 3.05) is 25.4 Å². The molecule has 1 aromatic heterocycles. The minimum Gasteiger partial charge on any atom is -0.390 e. The molecule has 0 fully saturated rings. The fraction of sp³-hybridized carbons (Fsp3) is 0.600. The standard InChI is InChI=1S/C25H38F2N4O4S2/c1-4-8-31(9-5-2)37(34,35)10-7-24(33)30-22(13-18-11-19(26)14-20(27)12-18)23(32)17-28-15-21-16-29-25(6-3)36-21/h11-12,14,16,22-23,28,32H,4-10,13,15,17H2,1-3H3,(H,30,33)/t22-,23+/m0/s1. The first-order valence-electron chi connectivity index (χ1n) is 12.6. The van der Waals surface area contributed by atoms with E-state index in [1.165, 1.54) is 4.31 Å². The van der Waals surface area contributed by atoms with Gasteiger partial charge >= 0.3 is 0 Å². The molecule has 0 saturated heterocycles. The lowest BCUT2D eigenvalue weighted by atomic mass is 10.0. The van der Waals surface area contributed by atoms with E-state index in [1.807, 2.05) is 20.8 Å². The Labute approximate surface area is 222 Å². The molecule has 3 N–H and O–H groups in total. The molecule has 0 bridgehead atoms.